The van der Waals surface area contributed by atoms with Gasteiger partial charge in [-0.1, -0.05) is 0 Å². The number of alkyl halides is 2. The van der Waals surface area contributed by atoms with Gasteiger partial charge in [0.1, 0.15) is 0 Å². The number of hydrogen-bond acceptors (Lipinski definition) is 5. The van der Waals surface area contributed by atoms with Crippen molar-refractivity contribution < 1.29 is 28.3 Å². The summed E-state index contributed by atoms with van der Waals surface area (Å²) < 4.78 is 29.6. The lowest BCUT2D eigenvalue weighted by Crippen LogP contribution is -2.08. The summed E-state index contributed by atoms with van der Waals surface area (Å²) in [6, 6.07) is 0.715. The first-order valence-electron chi connectivity index (χ1n) is 4.13. The van der Waals surface area contributed by atoms with E-state index < -0.39 is 40.1 Å². The van der Waals surface area contributed by atoms with Crippen molar-refractivity contribution in [2.75, 3.05) is 7.11 Å². The number of carboxylic acid groups (broad SMARTS) is 1. The molecule has 17 heavy (non-hydrogen) atoms. The molecule has 1 rings (SSSR count). The summed E-state index contributed by atoms with van der Waals surface area (Å²) in [7, 11) is 1.00. The van der Waals surface area contributed by atoms with E-state index >= 15 is 0 Å². The van der Waals surface area contributed by atoms with Gasteiger partial charge in [0.2, 0.25) is 5.75 Å². The molecule has 1 aromatic rings. The van der Waals surface area contributed by atoms with E-state index in [0.717, 1.165) is 7.11 Å². The van der Waals surface area contributed by atoms with E-state index in [4.69, 9.17) is 5.11 Å². The topological polar surface area (TPSA) is 103 Å². The average Bonchev–Trinajstić information content (AvgIpc) is 2.26. The minimum absolute atomic E-state index is 0.572. The molecule has 0 aromatic carbocycles. The summed E-state index contributed by atoms with van der Waals surface area (Å²) in [6.07, 6.45) is -3.27. The van der Waals surface area contributed by atoms with Crippen molar-refractivity contribution in [3.8, 4) is 5.75 Å². The first-order chi connectivity index (χ1) is 7.88. The van der Waals surface area contributed by atoms with E-state index in [1.807, 2.05) is 0 Å². The van der Waals surface area contributed by atoms with E-state index in [9.17, 15) is 23.7 Å². The van der Waals surface area contributed by atoms with E-state index in [0.29, 0.717) is 6.07 Å². The van der Waals surface area contributed by atoms with Gasteiger partial charge in [0.15, 0.2) is 11.4 Å². The lowest BCUT2D eigenvalue weighted by molar-refractivity contribution is -0.387. The van der Waals surface area contributed by atoms with Crippen molar-refractivity contribution in [2.24, 2.45) is 0 Å². The van der Waals surface area contributed by atoms with Gasteiger partial charge in [-0.05, 0) is 0 Å². The Kier molecular flexibility index (Phi) is 3.51. The molecule has 92 valence electrons. The Hall–Kier alpha value is -2.32. The molecule has 1 heterocycles. The van der Waals surface area contributed by atoms with Crippen molar-refractivity contribution in [1.29, 1.82) is 0 Å². The minimum atomic E-state index is -3.27. The Morgan fingerprint density at radius 2 is 2.24 bits per heavy atom. The average molecular weight is 248 g/mol. The Morgan fingerprint density at radius 1 is 1.65 bits per heavy atom. The third kappa shape index (κ3) is 2.44. The monoisotopic (exact) mass is 248 g/mol. The third-order valence-electron chi connectivity index (χ3n) is 1.81. The van der Waals surface area contributed by atoms with Gasteiger partial charge < -0.3 is 9.84 Å². The molecule has 0 aliphatic carbocycles. The zero-order valence-corrected chi connectivity index (χ0v) is 8.39. The fourth-order valence-electron chi connectivity index (χ4n) is 1.13. The fraction of sp³-hybridized carbons (Fsp3) is 0.250. The molecular formula is C8H6F2N2O5. The van der Waals surface area contributed by atoms with Crippen LogP contribution in [-0.4, -0.2) is 28.1 Å². The van der Waals surface area contributed by atoms with Gasteiger partial charge in [-0.25, -0.2) is 18.6 Å². The number of carboxylic acids is 1. The maximum atomic E-state index is 12.5. The maximum Gasteiger partial charge on any atom is 0.354 e. The number of aromatic carboxylic acids is 1. The molecule has 0 amide bonds. The van der Waals surface area contributed by atoms with Crippen molar-refractivity contribution >= 4 is 11.7 Å². The molecule has 0 radical (unpaired) electrons. The van der Waals surface area contributed by atoms with Crippen LogP contribution < -0.4 is 4.74 Å². The number of methoxy groups -OCH3 is 1. The molecule has 0 aliphatic heterocycles. The van der Waals surface area contributed by atoms with E-state index in [1.54, 1.807) is 0 Å². The zero-order chi connectivity index (χ0) is 13.2. The molecule has 1 aromatic heterocycles. The summed E-state index contributed by atoms with van der Waals surface area (Å²) in [5.74, 6) is -2.15. The summed E-state index contributed by atoms with van der Waals surface area (Å²) >= 11 is 0. The molecule has 0 saturated carbocycles. The van der Waals surface area contributed by atoms with Gasteiger partial charge in [-0.3, -0.25) is 10.1 Å². The molecule has 0 fully saturated rings. The second-order valence-electron chi connectivity index (χ2n) is 2.81. The molecule has 0 aliphatic rings. The highest BCUT2D eigenvalue weighted by Gasteiger charge is 2.30. The summed E-state index contributed by atoms with van der Waals surface area (Å²) in [4.78, 5) is 23.1. The summed E-state index contributed by atoms with van der Waals surface area (Å²) in [5.41, 5.74) is -3.01. The van der Waals surface area contributed by atoms with E-state index in [-0.39, 0.29) is 0 Å². The number of aromatic nitrogens is 1. The number of halogens is 2. The molecule has 0 saturated heterocycles. The van der Waals surface area contributed by atoms with Crippen molar-refractivity contribution in [3.63, 3.8) is 0 Å². The Morgan fingerprint density at radius 3 is 2.59 bits per heavy atom. The summed E-state index contributed by atoms with van der Waals surface area (Å²) in [6.45, 7) is 0. The molecule has 0 unspecified atom stereocenters. The second kappa shape index (κ2) is 4.68. The van der Waals surface area contributed by atoms with Crippen LogP contribution in [0.3, 0.4) is 0 Å². The predicted molar refractivity (Wildman–Crippen MR) is 49.4 cm³/mol. The Bertz CT molecular complexity index is 477. The Labute approximate surface area is 92.8 Å². The van der Waals surface area contributed by atoms with Crippen LogP contribution in [-0.2, 0) is 0 Å². The SMILES string of the molecule is COc1cc(C(=O)O)nc(C(F)F)c1[N+](=O)[O-]. The van der Waals surface area contributed by atoms with Gasteiger partial charge in [0.05, 0.1) is 12.0 Å². The standard InChI is InChI=1S/C8H6F2N2O5/c1-17-4-2-3(8(13)14)11-5(7(9)10)6(4)12(15)16/h2,7H,1H3,(H,13,14). The van der Waals surface area contributed by atoms with Crippen LogP contribution in [0.1, 0.15) is 22.6 Å². The highest BCUT2D eigenvalue weighted by molar-refractivity contribution is 5.86. The van der Waals surface area contributed by atoms with Gasteiger partial charge in [0.25, 0.3) is 6.43 Å². The number of nitro groups is 1. The first kappa shape index (κ1) is 12.7. The second-order valence-corrected chi connectivity index (χ2v) is 2.81. The minimum Gasteiger partial charge on any atom is -0.490 e. The lowest BCUT2D eigenvalue weighted by atomic mass is 10.2. The number of pyridine rings is 1. The highest BCUT2D eigenvalue weighted by atomic mass is 19.3. The van der Waals surface area contributed by atoms with Gasteiger partial charge in [0, 0.05) is 6.07 Å². The summed E-state index contributed by atoms with van der Waals surface area (Å²) in [5, 5.41) is 19.2. The molecular weight excluding hydrogens is 242 g/mol. The highest BCUT2D eigenvalue weighted by Crippen LogP contribution is 2.35. The quantitative estimate of drug-likeness (QED) is 0.641. The van der Waals surface area contributed by atoms with E-state index in [2.05, 4.69) is 9.72 Å². The van der Waals surface area contributed by atoms with Crippen LogP contribution in [0.25, 0.3) is 0 Å². The largest absolute Gasteiger partial charge is 0.490 e. The number of nitrogens with zero attached hydrogens (tertiary/aromatic N) is 2. The van der Waals surface area contributed by atoms with E-state index in [1.165, 1.54) is 0 Å². The van der Waals surface area contributed by atoms with Crippen LogP contribution in [0.2, 0.25) is 0 Å². The number of ether oxygens (including phenoxy) is 1. The van der Waals surface area contributed by atoms with Crippen LogP contribution in [0, 0.1) is 10.1 Å². The van der Waals surface area contributed by atoms with Gasteiger partial charge in [-0.2, -0.15) is 0 Å². The fourth-order valence-corrected chi connectivity index (χ4v) is 1.13. The molecule has 0 spiro atoms. The van der Waals surface area contributed by atoms with Crippen LogP contribution >= 0.6 is 0 Å². The lowest BCUT2D eigenvalue weighted by Gasteiger charge is -2.07. The van der Waals surface area contributed by atoms with Crippen molar-refractivity contribution in [2.45, 2.75) is 6.43 Å². The van der Waals surface area contributed by atoms with Crippen molar-refractivity contribution in [1.82, 2.24) is 4.98 Å². The molecule has 9 heteroatoms. The first-order valence-corrected chi connectivity index (χ1v) is 4.13. The van der Waals surface area contributed by atoms with Crippen LogP contribution in [0.4, 0.5) is 14.5 Å². The van der Waals surface area contributed by atoms with Crippen molar-refractivity contribution in [3.05, 3.63) is 27.6 Å². The predicted octanol–water partition coefficient (Wildman–Crippen LogP) is 1.63. The molecule has 0 bridgehead atoms. The van der Waals surface area contributed by atoms with Gasteiger partial charge >= 0.3 is 11.7 Å². The zero-order valence-electron chi connectivity index (χ0n) is 8.39. The molecule has 7 nitrogen and oxygen atoms in total. The smallest absolute Gasteiger partial charge is 0.354 e. The maximum absolute atomic E-state index is 12.5. The number of hydrogen-bond donors (Lipinski definition) is 1. The third-order valence-corrected chi connectivity index (χ3v) is 1.81. The Balaban J connectivity index is 3.57. The number of carbonyl (C=O) groups is 1. The molecule has 1 N–H and O–H groups in total. The van der Waals surface area contributed by atoms with Gasteiger partial charge in [-0.15, -0.1) is 0 Å². The van der Waals surface area contributed by atoms with Crippen LogP contribution in [0.5, 0.6) is 5.75 Å². The number of rotatable bonds is 4. The van der Waals surface area contributed by atoms with Crippen LogP contribution in [0.15, 0.2) is 6.07 Å². The normalized spacial score (nSPS) is 10.4. The molecule has 0 atom stereocenters.